The van der Waals surface area contributed by atoms with Crippen LogP contribution in [0.3, 0.4) is 0 Å². The summed E-state index contributed by atoms with van der Waals surface area (Å²) in [5.74, 6) is 1.49. The third-order valence-corrected chi connectivity index (χ3v) is 5.12. The predicted molar refractivity (Wildman–Crippen MR) is 83.6 cm³/mol. The Balaban J connectivity index is 1.56. The van der Waals surface area contributed by atoms with E-state index < -0.39 is 0 Å². The van der Waals surface area contributed by atoms with Gasteiger partial charge in [-0.1, -0.05) is 26.2 Å². The Morgan fingerprint density at radius 2 is 1.85 bits per heavy atom. The van der Waals surface area contributed by atoms with Gasteiger partial charge >= 0.3 is 0 Å². The fourth-order valence-corrected chi connectivity index (χ4v) is 3.40. The molecule has 0 aliphatic heterocycles. The van der Waals surface area contributed by atoms with Crippen LogP contribution in [0, 0.1) is 11.8 Å². The molecule has 2 rings (SSSR count). The molecule has 0 radical (unpaired) electrons. The average Bonchev–Trinajstić information content (AvgIpc) is 3.30. The van der Waals surface area contributed by atoms with Crippen molar-refractivity contribution in [2.75, 3.05) is 20.1 Å². The summed E-state index contributed by atoms with van der Waals surface area (Å²) in [5, 5.41) is 3.14. The largest absolute Gasteiger partial charge is 0.355 e. The Morgan fingerprint density at radius 3 is 2.45 bits per heavy atom. The molecular formula is C17H32N2O. The van der Waals surface area contributed by atoms with E-state index in [1.807, 2.05) is 0 Å². The number of hydrogen-bond acceptors (Lipinski definition) is 2. The molecule has 0 saturated heterocycles. The maximum absolute atomic E-state index is 12.2. The number of likely N-dealkylation sites (N-methyl/N-ethyl adjacent to an activating group) is 1. The van der Waals surface area contributed by atoms with E-state index in [0.29, 0.717) is 11.8 Å². The fraction of sp³-hybridized carbons (Fsp3) is 0.941. The van der Waals surface area contributed by atoms with Crippen molar-refractivity contribution in [1.29, 1.82) is 0 Å². The third kappa shape index (κ3) is 5.08. The Kier molecular flexibility index (Phi) is 6.34. The van der Waals surface area contributed by atoms with E-state index in [4.69, 9.17) is 0 Å². The summed E-state index contributed by atoms with van der Waals surface area (Å²) in [6.45, 7) is 4.08. The highest BCUT2D eigenvalue weighted by atomic mass is 16.1. The van der Waals surface area contributed by atoms with Crippen LogP contribution in [0.25, 0.3) is 0 Å². The van der Waals surface area contributed by atoms with Crippen LogP contribution in [0.5, 0.6) is 0 Å². The molecule has 2 aliphatic carbocycles. The number of carbonyl (C=O) groups excluding carboxylic acids is 1. The minimum atomic E-state index is 0.291. The van der Waals surface area contributed by atoms with Crippen LogP contribution < -0.4 is 5.32 Å². The lowest BCUT2D eigenvalue weighted by atomic mass is 9.79. The van der Waals surface area contributed by atoms with Gasteiger partial charge in [0.25, 0.3) is 0 Å². The highest BCUT2D eigenvalue weighted by Gasteiger charge is 2.27. The molecule has 0 unspecified atom stereocenters. The number of nitrogens with zero attached hydrogens (tertiary/aromatic N) is 1. The minimum absolute atomic E-state index is 0.291. The van der Waals surface area contributed by atoms with Gasteiger partial charge in [-0.05, 0) is 51.5 Å². The standard InChI is InChI=1S/C17H32N2O/c1-3-4-5-14-6-8-15(9-7-14)17(20)18-12-13-19(2)16-10-11-16/h14-16H,3-13H2,1-2H3,(H,18,20). The van der Waals surface area contributed by atoms with E-state index in [9.17, 15) is 4.79 Å². The first-order valence-electron chi connectivity index (χ1n) is 8.68. The molecule has 0 aromatic rings. The summed E-state index contributed by atoms with van der Waals surface area (Å²) in [4.78, 5) is 14.5. The Hall–Kier alpha value is -0.570. The number of carbonyl (C=O) groups is 1. The van der Waals surface area contributed by atoms with Gasteiger partial charge in [-0.2, -0.15) is 0 Å². The van der Waals surface area contributed by atoms with E-state index in [1.54, 1.807) is 0 Å². The van der Waals surface area contributed by atoms with E-state index in [-0.39, 0.29) is 0 Å². The summed E-state index contributed by atoms with van der Waals surface area (Å²) in [6.07, 6.45) is 11.5. The molecule has 2 fully saturated rings. The first kappa shape index (κ1) is 15.8. The van der Waals surface area contributed by atoms with Gasteiger partial charge < -0.3 is 10.2 Å². The zero-order valence-corrected chi connectivity index (χ0v) is 13.4. The van der Waals surface area contributed by atoms with Crippen molar-refractivity contribution in [3.63, 3.8) is 0 Å². The van der Waals surface area contributed by atoms with Crippen LogP contribution in [-0.2, 0) is 4.79 Å². The summed E-state index contributed by atoms with van der Waals surface area (Å²) in [7, 11) is 2.17. The lowest BCUT2D eigenvalue weighted by molar-refractivity contribution is -0.126. The number of nitrogens with one attached hydrogen (secondary N) is 1. The predicted octanol–water partition coefficient (Wildman–Crippen LogP) is 3.19. The molecule has 0 aromatic carbocycles. The molecule has 3 nitrogen and oxygen atoms in total. The van der Waals surface area contributed by atoms with Crippen LogP contribution in [0.1, 0.15) is 64.7 Å². The Morgan fingerprint density at radius 1 is 1.15 bits per heavy atom. The van der Waals surface area contributed by atoms with Gasteiger partial charge in [-0.3, -0.25) is 4.79 Å². The second-order valence-corrected chi connectivity index (χ2v) is 6.86. The van der Waals surface area contributed by atoms with Crippen LogP contribution >= 0.6 is 0 Å². The average molecular weight is 280 g/mol. The van der Waals surface area contributed by atoms with E-state index in [1.165, 1.54) is 44.9 Å². The molecule has 1 amide bonds. The first-order valence-corrected chi connectivity index (χ1v) is 8.68. The van der Waals surface area contributed by atoms with Crippen molar-refractivity contribution in [3.8, 4) is 0 Å². The van der Waals surface area contributed by atoms with Gasteiger partial charge in [-0.15, -0.1) is 0 Å². The van der Waals surface area contributed by atoms with Crippen LogP contribution in [0.15, 0.2) is 0 Å². The van der Waals surface area contributed by atoms with Gasteiger partial charge in [0.05, 0.1) is 0 Å². The molecule has 0 spiro atoms. The van der Waals surface area contributed by atoms with Crippen molar-refractivity contribution in [2.45, 2.75) is 70.8 Å². The molecule has 0 atom stereocenters. The van der Waals surface area contributed by atoms with Gasteiger partial charge in [0.1, 0.15) is 0 Å². The summed E-state index contributed by atoms with van der Waals surface area (Å²) < 4.78 is 0. The maximum Gasteiger partial charge on any atom is 0.223 e. The second-order valence-electron chi connectivity index (χ2n) is 6.86. The van der Waals surface area contributed by atoms with Crippen LogP contribution in [0.4, 0.5) is 0 Å². The Labute approximate surface area is 124 Å². The fourth-order valence-electron chi connectivity index (χ4n) is 3.40. The zero-order chi connectivity index (χ0) is 14.4. The molecule has 0 heterocycles. The van der Waals surface area contributed by atoms with Crippen molar-refractivity contribution < 1.29 is 4.79 Å². The first-order chi connectivity index (χ1) is 9.70. The lowest BCUT2D eigenvalue weighted by Crippen LogP contribution is -2.38. The topological polar surface area (TPSA) is 32.3 Å². The third-order valence-electron chi connectivity index (χ3n) is 5.12. The van der Waals surface area contributed by atoms with Gasteiger partial charge in [0.15, 0.2) is 0 Å². The SMILES string of the molecule is CCCCC1CCC(C(=O)NCCN(C)C2CC2)CC1. The van der Waals surface area contributed by atoms with Crippen LogP contribution in [-0.4, -0.2) is 37.0 Å². The summed E-state index contributed by atoms with van der Waals surface area (Å²) >= 11 is 0. The number of hydrogen-bond donors (Lipinski definition) is 1. The van der Waals surface area contributed by atoms with Gasteiger partial charge in [-0.25, -0.2) is 0 Å². The molecule has 20 heavy (non-hydrogen) atoms. The highest BCUT2D eigenvalue weighted by molar-refractivity contribution is 5.78. The van der Waals surface area contributed by atoms with E-state index in [0.717, 1.165) is 37.9 Å². The molecule has 3 heteroatoms. The van der Waals surface area contributed by atoms with Crippen molar-refractivity contribution >= 4 is 5.91 Å². The summed E-state index contributed by atoms with van der Waals surface area (Å²) in [5.41, 5.74) is 0. The van der Waals surface area contributed by atoms with Gasteiger partial charge in [0.2, 0.25) is 5.91 Å². The minimum Gasteiger partial charge on any atom is -0.355 e. The molecule has 2 aliphatic rings. The number of unbranched alkanes of at least 4 members (excludes halogenated alkanes) is 1. The van der Waals surface area contributed by atoms with Crippen molar-refractivity contribution in [3.05, 3.63) is 0 Å². The molecule has 1 N–H and O–H groups in total. The van der Waals surface area contributed by atoms with Crippen molar-refractivity contribution in [2.24, 2.45) is 11.8 Å². The van der Waals surface area contributed by atoms with Crippen LogP contribution in [0.2, 0.25) is 0 Å². The monoisotopic (exact) mass is 280 g/mol. The smallest absolute Gasteiger partial charge is 0.223 e. The molecule has 116 valence electrons. The number of amides is 1. The molecule has 0 aromatic heterocycles. The normalized spacial score (nSPS) is 26.8. The molecule has 0 bridgehead atoms. The van der Waals surface area contributed by atoms with Crippen molar-refractivity contribution in [1.82, 2.24) is 10.2 Å². The molecule has 2 saturated carbocycles. The summed E-state index contributed by atoms with van der Waals surface area (Å²) in [6, 6.07) is 0.793. The molecular weight excluding hydrogens is 248 g/mol. The quantitative estimate of drug-likeness (QED) is 0.740. The van der Waals surface area contributed by atoms with Gasteiger partial charge in [0, 0.05) is 25.0 Å². The zero-order valence-electron chi connectivity index (χ0n) is 13.4. The second kappa shape index (κ2) is 8.02. The van der Waals surface area contributed by atoms with E-state index >= 15 is 0 Å². The maximum atomic E-state index is 12.2. The number of rotatable bonds is 8. The van der Waals surface area contributed by atoms with E-state index in [2.05, 4.69) is 24.2 Å². The lowest BCUT2D eigenvalue weighted by Gasteiger charge is -2.28. The highest BCUT2D eigenvalue weighted by Crippen LogP contribution is 2.32. The Bertz CT molecular complexity index is 293.